The van der Waals surface area contributed by atoms with E-state index in [9.17, 15) is 9.59 Å². The lowest BCUT2D eigenvalue weighted by atomic mass is 9.95. The highest BCUT2D eigenvalue weighted by Gasteiger charge is 2.21. The Balaban J connectivity index is 1.34. The summed E-state index contributed by atoms with van der Waals surface area (Å²) in [5.41, 5.74) is 6.42. The number of hydrogen-bond acceptors (Lipinski definition) is 5. The number of anilines is 2. The summed E-state index contributed by atoms with van der Waals surface area (Å²) in [6, 6.07) is 17.7. The second kappa shape index (κ2) is 9.92. The lowest BCUT2D eigenvalue weighted by Crippen LogP contribution is -2.47. The van der Waals surface area contributed by atoms with Crippen LogP contribution in [0, 0.1) is 6.92 Å². The number of thiazole rings is 1. The summed E-state index contributed by atoms with van der Waals surface area (Å²) in [5.74, 6) is 0.0736. The predicted molar refractivity (Wildman–Crippen MR) is 154 cm³/mol. The molecule has 1 saturated heterocycles. The first-order chi connectivity index (χ1) is 18.5. The van der Waals surface area contributed by atoms with Crippen LogP contribution in [0.5, 0.6) is 0 Å². The Labute approximate surface area is 224 Å². The number of aromatic nitrogens is 2. The summed E-state index contributed by atoms with van der Waals surface area (Å²) >= 11 is 1.37. The Bertz CT molecular complexity index is 1650. The maximum absolute atomic E-state index is 13.2. The molecule has 2 aromatic heterocycles. The van der Waals surface area contributed by atoms with Crippen molar-refractivity contribution in [3.05, 3.63) is 77.3 Å². The van der Waals surface area contributed by atoms with Crippen molar-refractivity contribution < 1.29 is 9.59 Å². The normalized spacial score (nSPS) is 14.2. The first-order valence-corrected chi connectivity index (χ1v) is 13.5. The fourth-order valence-corrected chi connectivity index (χ4v) is 5.63. The van der Waals surface area contributed by atoms with Gasteiger partial charge in [-0.2, -0.15) is 0 Å². The molecule has 1 fully saturated rings. The molecule has 8 nitrogen and oxygen atoms in total. The highest BCUT2D eigenvalue weighted by molar-refractivity contribution is 7.13. The molecular weight excluding hydrogens is 496 g/mol. The van der Waals surface area contributed by atoms with E-state index in [2.05, 4.69) is 50.7 Å². The molecule has 3 N–H and O–H groups in total. The van der Waals surface area contributed by atoms with Gasteiger partial charge in [-0.05, 0) is 54.9 Å². The summed E-state index contributed by atoms with van der Waals surface area (Å²) in [4.78, 5) is 37.5. The van der Waals surface area contributed by atoms with Crippen LogP contribution in [0.3, 0.4) is 0 Å². The van der Waals surface area contributed by atoms with Crippen molar-refractivity contribution in [2.24, 2.45) is 0 Å². The maximum Gasteiger partial charge on any atom is 0.325 e. The van der Waals surface area contributed by atoms with E-state index in [-0.39, 0.29) is 11.9 Å². The van der Waals surface area contributed by atoms with Crippen LogP contribution in [0.15, 0.2) is 66.2 Å². The van der Waals surface area contributed by atoms with Gasteiger partial charge in [-0.1, -0.05) is 30.3 Å². The van der Waals surface area contributed by atoms with Crippen LogP contribution in [-0.2, 0) is 0 Å². The van der Waals surface area contributed by atoms with E-state index >= 15 is 0 Å². The van der Waals surface area contributed by atoms with E-state index < -0.39 is 0 Å². The van der Waals surface area contributed by atoms with Gasteiger partial charge in [0.15, 0.2) is 5.13 Å². The van der Waals surface area contributed by atoms with Gasteiger partial charge in [-0.15, -0.1) is 11.3 Å². The first-order valence-electron chi connectivity index (χ1n) is 12.6. The summed E-state index contributed by atoms with van der Waals surface area (Å²) in [6.45, 7) is 5.29. The summed E-state index contributed by atoms with van der Waals surface area (Å²) in [7, 11) is 2.08. The zero-order valence-corrected chi connectivity index (χ0v) is 22.1. The Morgan fingerprint density at radius 3 is 2.53 bits per heavy atom. The summed E-state index contributed by atoms with van der Waals surface area (Å²) in [5, 5.41) is 10.2. The van der Waals surface area contributed by atoms with Crippen molar-refractivity contribution in [3.63, 3.8) is 0 Å². The zero-order chi connectivity index (χ0) is 26.2. The fraction of sp³-hybridized carbons (Fsp3) is 0.207. The molecule has 192 valence electrons. The third-order valence-corrected chi connectivity index (χ3v) is 7.87. The zero-order valence-electron chi connectivity index (χ0n) is 21.2. The van der Waals surface area contributed by atoms with Crippen LogP contribution in [0.2, 0.25) is 0 Å². The quantitative estimate of drug-likeness (QED) is 0.278. The fourth-order valence-electron chi connectivity index (χ4n) is 5.11. The minimum atomic E-state index is -0.331. The molecule has 3 heterocycles. The van der Waals surface area contributed by atoms with Crippen molar-refractivity contribution in [3.8, 4) is 11.1 Å². The molecule has 0 saturated carbocycles. The minimum absolute atomic E-state index is 0.0736. The number of aromatic amines is 1. The Kier molecular flexibility index (Phi) is 6.30. The van der Waals surface area contributed by atoms with Crippen LogP contribution in [0.1, 0.15) is 15.9 Å². The number of piperazine rings is 1. The van der Waals surface area contributed by atoms with Gasteiger partial charge in [0.1, 0.15) is 0 Å². The van der Waals surface area contributed by atoms with Crippen LogP contribution >= 0.6 is 11.3 Å². The number of likely N-dealkylation sites (N-methyl/N-ethyl adjacent to an activating group) is 1. The number of fused-ring (bicyclic) bond motifs is 3. The van der Waals surface area contributed by atoms with E-state index in [4.69, 9.17) is 0 Å². The van der Waals surface area contributed by atoms with E-state index in [1.54, 1.807) is 6.20 Å². The van der Waals surface area contributed by atoms with Gasteiger partial charge in [0, 0.05) is 70.8 Å². The predicted octanol–water partition coefficient (Wildman–Crippen LogP) is 5.78. The van der Waals surface area contributed by atoms with Gasteiger partial charge in [0.05, 0.1) is 0 Å². The number of nitrogens with one attached hydrogen (secondary N) is 3. The van der Waals surface area contributed by atoms with E-state index in [1.165, 1.54) is 11.3 Å². The monoisotopic (exact) mass is 524 g/mol. The van der Waals surface area contributed by atoms with Gasteiger partial charge in [-0.25, -0.2) is 9.78 Å². The number of carbonyl (C=O) groups is 2. The second-order valence-electron chi connectivity index (χ2n) is 9.60. The average molecular weight is 525 g/mol. The van der Waals surface area contributed by atoms with Crippen molar-refractivity contribution in [1.29, 1.82) is 0 Å². The lowest BCUT2D eigenvalue weighted by Gasteiger charge is -2.32. The largest absolute Gasteiger partial charge is 0.354 e. The molecule has 0 radical (unpaired) electrons. The van der Waals surface area contributed by atoms with Crippen LogP contribution < -0.4 is 10.6 Å². The second-order valence-corrected chi connectivity index (χ2v) is 10.5. The maximum atomic E-state index is 13.2. The number of urea groups is 1. The standard InChI is InChI=1S/C29H28N6O2S/c1-18-20(5-3-7-23(18)32-28(37)33-29-30-11-16-38-29)21-6-4-8-24-26(21)22-10-9-19(17-25(22)31-24)27(36)35-14-12-34(2)13-15-35/h3-11,16-17,31H,12-15H2,1-2H3,(H2,30,32,33,37). The molecule has 0 spiro atoms. The molecule has 38 heavy (non-hydrogen) atoms. The number of nitrogens with zero attached hydrogens (tertiary/aromatic N) is 3. The Morgan fingerprint density at radius 2 is 1.74 bits per heavy atom. The molecule has 9 heteroatoms. The molecule has 0 aliphatic carbocycles. The molecule has 3 aromatic carbocycles. The molecule has 0 atom stereocenters. The number of benzene rings is 3. The smallest absolute Gasteiger partial charge is 0.325 e. The van der Waals surface area contributed by atoms with Crippen molar-refractivity contribution in [2.75, 3.05) is 43.9 Å². The summed E-state index contributed by atoms with van der Waals surface area (Å²) < 4.78 is 0. The Hall–Kier alpha value is -4.21. The van der Waals surface area contributed by atoms with Crippen LogP contribution in [0.4, 0.5) is 15.6 Å². The van der Waals surface area contributed by atoms with Gasteiger partial charge in [0.2, 0.25) is 0 Å². The van der Waals surface area contributed by atoms with Crippen molar-refractivity contribution in [1.82, 2.24) is 19.8 Å². The van der Waals surface area contributed by atoms with Crippen LogP contribution in [-0.4, -0.2) is 64.9 Å². The number of hydrogen-bond donors (Lipinski definition) is 3. The Morgan fingerprint density at radius 1 is 0.947 bits per heavy atom. The SMILES string of the molecule is Cc1c(NC(=O)Nc2nccs2)cccc1-c1cccc2[nH]c3cc(C(=O)N4CCN(C)CC4)ccc3c12. The molecule has 1 aliphatic rings. The molecular formula is C29H28N6O2S. The molecule has 1 aliphatic heterocycles. The first kappa shape index (κ1) is 24.1. The van der Waals surface area contributed by atoms with Crippen LogP contribution in [0.25, 0.3) is 32.9 Å². The molecule has 5 aromatic rings. The van der Waals surface area contributed by atoms with Crippen molar-refractivity contribution >= 4 is 55.9 Å². The van der Waals surface area contributed by atoms with E-state index in [0.29, 0.717) is 10.7 Å². The van der Waals surface area contributed by atoms with E-state index in [0.717, 1.165) is 70.4 Å². The third-order valence-electron chi connectivity index (χ3n) is 7.19. The highest BCUT2D eigenvalue weighted by atomic mass is 32.1. The number of H-pyrrole nitrogens is 1. The van der Waals surface area contributed by atoms with Gasteiger partial charge in [0.25, 0.3) is 5.91 Å². The minimum Gasteiger partial charge on any atom is -0.354 e. The van der Waals surface area contributed by atoms with Gasteiger partial charge >= 0.3 is 6.03 Å². The molecule has 6 rings (SSSR count). The number of amides is 3. The van der Waals surface area contributed by atoms with E-state index in [1.807, 2.05) is 53.6 Å². The van der Waals surface area contributed by atoms with Gasteiger partial charge < -0.3 is 20.1 Å². The number of rotatable bonds is 4. The molecule has 3 amide bonds. The number of carbonyl (C=O) groups excluding carboxylic acids is 2. The van der Waals surface area contributed by atoms with Crippen molar-refractivity contribution in [2.45, 2.75) is 6.92 Å². The molecule has 0 bridgehead atoms. The molecule has 0 unspecified atom stereocenters. The topological polar surface area (TPSA) is 93.4 Å². The lowest BCUT2D eigenvalue weighted by molar-refractivity contribution is 0.0664. The third kappa shape index (κ3) is 4.51. The van der Waals surface area contributed by atoms with Gasteiger partial charge in [-0.3, -0.25) is 10.1 Å². The average Bonchev–Trinajstić information content (AvgIpc) is 3.57. The highest BCUT2D eigenvalue weighted by Crippen LogP contribution is 2.38. The summed E-state index contributed by atoms with van der Waals surface area (Å²) in [6.07, 6.45) is 1.65.